The molecule has 0 N–H and O–H groups in total. The van der Waals surface area contributed by atoms with Gasteiger partial charge in [-0.15, -0.1) is 0 Å². The number of carbonyl (C=O) groups is 1. The smallest absolute Gasteiger partial charge is 0.260 e. The summed E-state index contributed by atoms with van der Waals surface area (Å²) in [5.74, 6) is -0.000200. The predicted molar refractivity (Wildman–Crippen MR) is 88.2 cm³/mol. The maximum absolute atomic E-state index is 12.9. The maximum Gasteiger partial charge on any atom is 0.260 e. The zero-order valence-electron chi connectivity index (χ0n) is 13.4. The van der Waals surface area contributed by atoms with E-state index in [1.54, 1.807) is 11.1 Å². The normalized spacial score (nSPS) is 10.8. The fourth-order valence-electron chi connectivity index (χ4n) is 2.44. The van der Waals surface area contributed by atoms with Crippen LogP contribution in [0.4, 0.5) is 4.39 Å². The highest BCUT2D eigenvalue weighted by Crippen LogP contribution is 2.12. The lowest BCUT2D eigenvalue weighted by Gasteiger charge is -2.20. The van der Waals surface area contributed by atoms with E-state index in [1.807, 2.05) is 35.7 Å². The van der Waals surface area contributed by atoms with Gasteiger partial charge < -0.3 is 14.0 Å². The number of benzene rings is 1. The minimum Gasteiger partial charge on any atom is -0.484 e. The minimum absolute atomic E-state index is 0.0871. The number of rotatable bonds is 6. The second-order valence-corrected chi connectivity index (χ2v) is 5.33. The molecule has 0 saturated carbocycles. The van der Waals surface area contributed by atoms with E-state index >= 15 is 0 Å². The summed E-state index contributed by atoms with van der Waals surface area (Å²) in [6.45, 7) is 2.84. The van der Waals surface area contributed by atoms with Gasteiger partial charge in [0.05, 0.1) is 18.4 Å². The molecule has 1 amide bonds. The Morgan fingerprint density at radius 1 is 1.25 bits per heavy atom. The van der Waals surface area contributed by atoms with Crippen LogP contribution in [0.2, 0.25) is 0 Å². The van der Waals surface area contributed by atoms with Crippen molar-refractivity contribution in [3.05, 3.63) is 66.4 Å². The molecular weight excluding hydrogens is 309 g/mol. The van der Waals surface area contributed by atoms with Crippen LogP contribution in [0, 0.1) is 5.82 Å². The summed E-state index contributed by atoms with van der Waals surface area (Å²) in [6.07, 6.45) is 3.69. The van der Waals surface area contributed by atoms with Crippen molar-refractivity contribution >= 4 is 11.6 Å². The number of halogens is 1. The molecule has 0 atom stereocenters. The first-order valence-corrected chi connectivity index (χ1v) is 7.74. The average Bonchev–Trinajstić information content (AvgIpc) is 3.02. The number of imidazole rings is 1. The van der Waals surface area contributed by atoms with Crippen molar-refractivity contribution in [1.29, 1.82) is 0 Å². The Morgan fingerprint density at radius 2 is 2.04 bits per heavy atom. The van der Waals surface area contributed by atoms with E-state index in [4.69, 9.17) is 4.74 Å². The maximum atomic E-state index is 12.9. The van der Waals surface area contributed by atoms with Crippen molar-refractivity contribution in [3.63, 3.8) is 0 Å². The largest absolute Gasteiger partial charge is 0.484 e. The predicted octanol–water partition coefficient (Wildman–Crippen LogP) is 2.90. The Hall–Kier alpha value is -2.89. The van der Waals surface area contributed by atoms with Gasteiger partial charge >= 0.3 is 0 Å². The minimum atomic E-state index is -0.337. The fourth-order valence-corrected chi connectivity index (χ4v) is 2.44. The van der Waals surface area contributed by atoms with Gasteiger partial charge in [0, 0.05) is 12.7 Å². The number of fused-ring (bicyclic) bond motifs is 1. The van der Waals surface area contributed by atoms with E-state index in [-0.39, 0.29) is 18.3 Å². The molecular formula is C18H18FN3O2. The molecule has 3 aromatic rings. The SMILES string of the molecule is CCN(Cc1cnc2ccccn12)C(=O)COc1ccc(F)cc1. The third-order valence-electron chi connectivity index (χ3n) is 3.76. The average molecular weight is 327 g/mol. The molecule has 0 fully saturated rings. The molecule has 1 aromatic carbocycles. The Bertz CT molecular complexity index is 830. The monoisotopic (exact) mass is 327 g/mol. The van der Waals surface area contributed by atoms with Crippen molar-refractivity contribution in [2.24, 2.45) is 0 Å². The number of nitrogens with zero attached hydrogens (tertiary/aromatic N) is 3. The van der Waals surface area contributed by atoms with Crippen LogP contribution >= 0.6 is 0 Å². The number of aromatic nitrogens is 2. The van der Waals surface area contributed by atoms with Crippen LogP contribution in [-0.4, -0.2) is 33.3 Å². The van der Waals surface area contributed by atoms with Crippen molar-refractivity contribution in [1.82, 2.24) is 14.3 Å². The zero-order chi connectivity index (χ0) is 16.9. The standard InChI is InChI=1S/C18H18FN3O2/c1-2-21(12-15-11-20-17-5-3-4-10-22(15)17)18(23)13-24-16-8-6-14(19)7-9-16/h3-11H,2,12-13H2,1H3. The summed E-state index contributed by atoms with van der Waals surface area (Å²) >= 11 is 0. The van der Waals surface area contributed by atoms with Crippen LogP contribution < -0.4 is 4.74 Å². The third kappa shape index (κ3) is 3.53. The first-order valence-electron chi connectivity index (χ1n) is 7.74. The summed E-state index contributed by atoms with van der Waals surface area (Å²) in [6, 6.07) is 11.4. The van der Waals surface area contributed by atoms with Crippen molar-refractivity contribution in [2.75, 3.05) is 13.2 Å². The molecule has 5 nitrogen and oxygen atoms in total. The molecule has 0 aliphatic carbocycles. The van der Waals surface area contributed by atoms with E-state index < -0.39 is 0 Å². The van der Waals surface area contributed by atoms with E-state index in [1.165, 1.54) is 24.3 Å². The first-order chi connectivity index (χ1) is 11.7. The molecule has 124 valence electrons. The van der Waals surface area contributed by atoms with Crippen LogP contribution in [0.3, 0.4) is 0 Å². The Kier molecular flexibility index (Phi) is 4.74. The first kappa shape index (κ1) is 16.0. The quantitative estimate of drug-likeness (QED) is 0.699. The molecule has 0 unspecified atom stereocenters. The lowest BCUT2D eigenvalue weighted by atomic mass is 10.3. The number of amides is 1. The Morgan fingerprint density at radius 3 is 2.79 bits per heavy atom. The summed E-state index contributed by atoms with van der Waals surface area (Å²) in [5.41, 5.74) is 1.78. The molecule has 0 radical (unpaired) electrons. The molecule has 0 saturated heterocycles. The van der Waals surface area contributed by atoms with E-state index in [0.29, 0.717) is 18.8 Å². The molecule has 24 heavy (non-hydrogen) atoms. The second-order valence-electron chi connectivity index (χ2n) is 5.33. The highest BCUT2D eigenvalue weighted by Gasteiger charge is 2.15. The third-order valence-corrected chi connectivity index (χ3v) is 3.76. The van der Waals surface area contributed by atoms with Crippen molar-refractivity contribution < 1.29 is 13.9 Å². The molecule has 0 aliphatic rings. The van der Waals surface area contributed by atoms with Crippen LogP contribution in [0.25, 0.3) is 5.65 Å². The summed E-state index contributed by atoms with van der Waals surface area (Å²) in [4.78, 5) is 18.4. The van der Waals surface area contributed by atoms with Crippen molar-refractivity contribution in [2.45, 2.75) is 13.5 Å². The lowest BCUT2D eigenvalue weighted by molar-refractivity contribution is -0.133. The fraction of sp³-hybridized carbons (Fsp3) is 0.222. The van der Waals surface area contributed by atoms with Gasteiger partial charge in [-0.3, -0.25) is 4.79 Å². The number of ether oxygens (including phenoxy) is 1. The topological polar surface area (TPSA) is 46.8 Å². The molecule has 6 heteroatoms. The molecule has 0 spiro atoms. The summed E-state index contributed by atoms with van der Waals surface area (Å²) < 4.78 is 20.3. The zero-order valence-corrected chi connectivity index (χ0v) is 13.4. The van der Waals surface area contributed by atoms with Crippen LogP contribution in [0.1, 0.15) is 12.6 Å². The van der Waals surface area contributed by atoms with E-state index in [2.05, 4.69) is 4.98 Å². The van der Waals surface area contributed by atoms with Crippen LogP contribution in [0.5, 0.6) is 5.75 Å². The Labute approximate surface area is 139 Å². The van der Waals surface area contributed by atoms with E-state index in [0.717, 1.165) is 11.3 Å². The molecule has 2 heterocycles. The molecule has 3 rings (SSSR count). The molecule has 2 aromatic heterocycles. The van der Waals surface area contributed by atoms with Gasteiger partial charge in [-0.25, -0.2) is 9.37 Å². The second kappa shape index (κ2) is 7.12. The number of pyridine rings is 1. The van der Waals surface area contributed by atoms with Gasteiger partial charge in [-0.05, 0) is 43.3 Å². The number of hydrogen-bond acceptors (Lipinski definition) is 3. The van der Waals surface area contributed by atoms with Gasteiger partial charge in [0.1, 0.15) is 17.2 Å². The lowest BCUT2D eigenvalue weighted by Crippen LogP contribution is -2.34. The number of hydrogen-bond donors (Lipinski definition) is 0. The number of likely N-dealkylation sites (N-methyl/N-ethyl adjacent to an activating group) is 1. The van der Waals surface area contributed by atoms with Gasteiger partial charge in [0.15, 0.2) is 6.61 Å². The van der Waals surface area contributed by atoms with Crippen LogP contribution in [-0.2, 0) is 11.3 Å². The highest BCUT2D eigenvalue weighted by atomic mass is 19.1. The molecule has 0 bridgehead atoms. The Balaban J connectivity index is 1.64. The molecule has 0 aliphatic heterocycles. The van der Waals surface area contributed by atoms with Gasteiger partial charge in [-0.1, -0.05) is 6.07 Å². The highest BCUT2D eigenvalue weighted by molar-refractivity contribution is 5.77. The van der Waals surface area contributed by atoms with E-state index in [9.17, 15) is 9.18 Å². The van der Waals surface area contributed by atoms with Crippen LogP contribution in [0.15, 0.2) is 54.9 Å². The van der Waals surface area contributed by atoms with Gasteiger partial charge in [0.25, 0.3) is 5.91 Å². The van der Waals surface area contributed by atoms with Gasteiger partial charge in [0.2, 0.25) is 0 Å². The number of carbonyl (C=O) groups excluding carboxylic acids is 1. The summed E-state index contributed by atoms with van der Waals surface area (Å²) in [7, 11) is 0. The van der Waals surface area contributed by atoms with Crippen molar-refractivity contribution in [3.8, 4) is 5.75 Å². The summed E-state index contributed by atoms with van der Waals surface area (Å²) in [5, 5.41) is 0. The van der Waals surface area contributed by atoms with Gasteiger partial charge in [-0.2, -0.15) is 0 Å².